The number of carbonyl (C=O) groups is 2. The topological polar surface area (TPSA) is 61.8 Å². The first-order valence-corrected chi connectivity index (χ1v) is 4.58. The molecule has 0 aromatic rings. The molecule has 2 aliphatic rings. The Morgan fingerprint density at radius 1 is 1.47 bits per heavy atom. The fourth-order valence-electron chi connectivity index (χ4n) is 1.28. The fraction of sp³-hybridized carbons (Fsp3) is 0.400. The Kier molecular flexibility index (Phi) is 2.45. The van der Waals surface area contributed by atoms with Gasteiger partial charge in [-0.1, -0.05) is 0 Å². The van der Waals surface area contributed by atoms with Crippen molar-refractivity contribution in [1.29, 1.82) is 0 Å². The molecule has 0 spiro atoms. The van der Waals surface area contributed by atoms with E-state index >= 15 is 0 Å². The molecule has 0 radical (unpaired) electrons. The van der Waals surface area contributed by atoms with Gasteiger partial charge in [-0.3, -0.25) is 0 Å². The van der Waals surface area contributed by atoms with Crippen LogP contribution in [0.4, 0.5) is 0 Å². The molecular formula is C10H10O5. The Labute approximate surface area is 86.3 Å². The summed E-state index contributed by atoms with van der Waals surface area (Å²) >= 11 is 0. The monoisotopic (exact) mass is 210 g/mol. The SMILES string of the molecule is CC1=CC(OC=C2CCOC2=O)OC1=O. The number of esters is 2. The van der Waals surface area contributed by atoms with E-state index in [0.29, 0.717) is 24.2 Å². The van der Waals surface area contributed by atoms with Crippen molar-refractivity contribution < 1.29 is 23.8 Å². The molecule has 0 aliphatic carbocycles. The summed E-state index contributed by atoms with van der Waals surface area (Å²) in [4.78, 5) is 22.0. The van der Waals surface area contributed by atoms with Crippen molar-refractivity contribution in [3.63, 3.8) is 0 Å². The lowest BCUT2D eigenvalue weighted by atomic mass is 10.2. The Bertz CT molecular complexity index is 366. The number of hydrogen-bond acceptors (Lipinski definition) is 5. The number of hydrogen-bond donors (Lipinski definition) is 0. The Morgan fingerprint density at radius 3 is 2.80 bits per heavy atom. The van der Waals surface area contributed by atoms with Crippen LogP contribution in [0, 0.1) is 0 Å². The minimum Gasteiger partial charge on any atom is -0.462 e. The average Bonchev–Trinajstić information content (AvgIpc) is 2.72. The lowest BCUT2D eigenvalue weighted by molar-refractivity contribution is -0.152. The molecule has 0 aromatic carbocycles. The van der Waals surface area contributed by atoms with Crippen molar-refractivity contribution in [3.8, 4) is 0 Å². The maximum absolute atomic E-state index is 11.0. The van der Waals surface area contributed by atoms with Crippen molar-refractivity contribution in [2.75, 3.05) is 6.61 Å². The Hall–Kier alpha value is -1.78. The third-order valence-corrected chi connectivity index (χ3v) is 2.14. The number of cyclic esters (lactones) is 2. The smallest absolute Gasteiger partial charge is 0.337 e. The molecule has 0 saturated carbocycles. The van der Waals surface area contributed by atoms with Gasteiger partial charge in [-0.25, -0.2) is 9.59 Å². The van der Waals surface area contributed by atoms with Crippen LogP contribution in [-0.4, -0.2) is 24.8 Å². The van der Waals surface area contributed by atoms with Gasteiger partial charge >= 0.3 is 11.9 Å². The molecule has 1 saturated heterocycles. The summed E-state index contributed by atoms with van der Waals surface area (Å²) in [5.41, 5.74) is 0.969. The van der Waals surface area contributed by atoms with E-state index < -0.39 is 12.3 Å². The summed E-state index contributed by atoms with van der Waals surface area (Å²) < 4.78 is 14.6. The van der Waals surface area contributed by atoms with Gasteiger partial charge < -0.3 is 14.2 Å². The molecule has 0 bridgehead atoms. The van der Waals surface area contributed by atoms with Gasteiger partial charge in [0.2, 0.25) is 0 Å². The molecule has 5 nitrogen and oxygen atoms in total. The fourth-order valence-corrected chi connectivity index (χ4v) is 1.28. The second kappa shape index (κ2) is 3.76. The number of carbonyl (C=O) groups excluding carboxylic acids is 2. The van der Waals surface area contributed by atoms with Crippen molar-refractivity contribution >= 4 is 11.9 Å². The molecule has 0 N–H and O–H groups in total. The summed E-state index contributed by atoms with van der Waals surface area (Å²) in [7, 11) is 0. The highest BCUT2D eigenvalue weighted by Crippen LogP contribution is 2.17. The van der Waals surface area contributed by atoms with Crippen LogP contribution in [0.1, 0.15) is 13.3 Å². The highest BCUT2D eigenvalue weighted by Gasteiger charge is 2.24. The summed E-state index contributed by atoms with van der Waals surface area (Å²) in [5.74, 6) is -0.771. The molecule has 0 amide bonds. The van der Waals surface area contributed by atoms with Crippen LogP contribution in [0.15, 0.2) is 23.5 Å². The van der Waals surface area contributed by atoms with Crippen LogP contribution in [0.2, 0.25) is 0 Å². The van der Waals surface area contributed by atoms with E-state index in [2.05, 4.69) is 0 Å². The maximum atomic E-state index is 11.0. The third kappa shape index (κ3) is 2.01. The van der Waals surface area contributed by atoms with Gasteiger partial charge in [0.1, 0.15) is 0 Å². The van der Waals surface area contributed by atoms with Crippen LogP contribution < -0.4 is 0 Å². The van der Waals surface area contributed by atoms with E-state index in [-0.39, 0.29) is 5.97 Å². The van der Waals surface area contributed by atoms with Crippen LogP contribution in [0.3, 0.4) is 0 Å². The van der Waals surface area contributed by atoms with Crippen LogP contribution in [0.5, 0.6) is 0 Å². The van der Waals surface area contributed by atoms with Gasteiger partial charge in [0, 0.05) is 18.1 Å². The summed E-state index contributed by atoms with van der Waals surface area (Å²) in [6.07, 6.45) is 2.66. The molecule has 2 heterocycles. The predicted molar refractivity (Wildman–Crippen MR) is 48.4 cm³/mol. The van der Waals surface area contributed by atoms with E-state index in [1.807, 2.05) is 0 Å². The second-order valence-corrected chi connectivity index (χ2v) is 3.29. The third-order valence-electron chi connectivity index (χ3n) is 2.14. The molecule has 1 fully saturated rings. The van der Waals surface area contributed by atoms with Crippen LogP contribution in [0.25, 0.3) is 0 Å². The minimum atomic E-state index is -0.724. The first-order valence-electron chi connectivity index (χ1n) is 4.58. The highest BCUT2D eigenvalue weighted by molar-refractivity contribution is 5.90. The number of rotatable bonds is 2. The summed E-state index contributed by atoms with van der Waals surface area (Å²) in [6.45, 7) is 2.02. The molecule has 2 aliphatic heterocycles. The quantitative estimate of drug-likeness (QED) is 0.380. The molecule has 1 atom stereocenters. The zero-order valence-electron chi connectivity index (χ0n) is 8.19. The van der Waals surface area contributed by atoms with Gasteiger partial charge in [-0.2, -0.15) is 0 Å². The summed E-state index contributed by atoms with van der Waals surface area (Å²) in [5, 5.41) is 0. The highest BCUT2D eigenvalue weighted by atomic mass is 16.7. The van der Waals surface area contributed by atoms with Crippen molar-refractivity contribution in [1.82, 2.24) is 0 Å². The molecule has 0 aromatic heterocycles. The predicted octanol–water partition coefficient (Wildman–Crippen LogP) is 0.663. The normalized spacial score (nSPS) is 27.7. The molecule has 15 heavy (non-hydrogen) atoms. The van der Waals surface area contributed by atoms with E-state index in [4.69, 9.17) is 14.2 Å². The summed E-state index contributed by atoms with van der Waals surface area (Å²) in [6, 6.07) is 0. The van der Waals surface area contributed by atoms with E-state index in [0.717, 1.165) is 0 Å². The first kappa shape index (κ1) is 9.76. The lowest BCUT2D eigenvalue weighted by Gasteiger charge is -2.07. The Balaban J connectivity index is 1.94. The zero-order chi connectivity index (χ0) is 10.8. The van der Waals surface area contributed by atoms with E-state index in [1.54, 1.807) is 13.0 Å². The first-order chi connectivity index (χ1) is 7.16. The molecule has 5 heteroatoms. The van der Waals surface area contributed by atoms with Gasteiger partial charge in [0.15, 0.2) is 0 Å². The van der Waals surface area contributed by atoms with E-state index in [9.17, 15) is 9.59 Å². The average molecular weight is 210 g/mol. The molecule has 80 valence electrons. The Morgan fingerprint density at radius 2 is 2.27 bits per heavy atom. The van der Waals surface area contributed by atoms with Gasteiger partial charge in [0.25, 0.3) is 6.29 Å². The molecular weight excluding hydrogens is 200 g/mol. The van der Waals surface area contributed by atoms with Crippen molar-refractivity contribution in [2.45, 2.75) is 19.6 Å². The van der Waals surface area contributed by atoms with Crippen LogP contribution >= 0.6 is 0 Å². The van der Waals surface area contributed by atoms with Crippen molar-refractivity contribution in [2.24, 2.45) is 0 Å². The van der Waals surface area contributed by atoms with Gasteiger partial charge in [0.05, 0.1) is 18.4 Å². The zero-order valence-corrected chi connectivity index (χ0v) is 8.19. The van der Waals surface area contributed by atoms with Gasteiger partial charge in [-0.15, -0.1) is 0 Å². The lowest BCUT2D eigenvalue weighted by Crippen LogP contribution is -2.10. The number of ether oxygens (including phenoxy) is 3. The second-order valence-electron chi connectivity index (χ2n) is 3.29. The maximum Gasteiger partial charge on any atom is 0.337 e. The largest absolute Gasteiger partial charge is 0.462 e. The molecule has 1 unspecified atom stereocenters. The van der Waals surface area contributed by atoms with Gasteiger partial charge in [-0.05, 0) is 6.92 Å². The standard InChI is InChI=1S/C10H10O5/c1-6-4-8(15-9(6)11)14-5-7-2-3-13-10(7)12/h4-5,8H,2-3H2,1H3. The van der Waals surface area contributed by atoms with Crippen molar-refractivity contribution in [3.05, 3.63) is 23.5 Å². The minimum absolute atomic E-state index is 0.375. The van der Waals surface area contributed by atoms with E-state index in [1.165, 1.54) is 6.26 Å². The molecule has 2 rings (SSSR count). The van der Waals surface area contributed by atoms with Crippen LogP contribution in [-0.2, 0) is 23.8 Å².